The van der Waals surface area contributed by atoms with E-state index in [-0.39, 0.29) is 10.5 Å². The normalized spacial score (nSPS) is 13.4. The Morgan fingerprint density at radius 2 is 2.09 bits per heavy atom. The minimum Gasteiger partial charge on any atom is -0.403 e. The van der Waals surface area contributed by atoms with E-state index < -0.39 is 11.7 Å². The average Bonchev–Trinajstić information content (AvgIpc) is 3.10. The number of aryl methyl sites for hydroxylation is 1. The first kappa shape index (κ1) is 23.8. The Morgan fingerprint density at radius 1 is 1.31 bits per heavy atom. The predicted molar refractivity (Wildman–Crippen MR) is 125 cm³/mol. The highest BCUT2D eigenvalue weighted by Crippen LogP contribution is 2.31. The van der Waals surface area contributed by atoms with Crippen LogP contribution in [0.4, 0.5) is 19.0 Å². The quantitative estimate of drug-likeness (QED) is 0.457. The van der Waals surface area contributed by atoms with Crippen LogP contribution in [0.3, 0.4) is 0 Å². The number of allylic oxidation sites excluding steroid dienone is 1. The molecular formula is C21H20ClF3N6S. The van der Waals surface area contributed by atoms with Crippen molar-refractivity contribution < 1.29 is 13.2 Å². The molecule has 0 amide bonds. The molecule has 0 aliphatic carbocycles. The molecule has 168 valence electrons. The van der Waals surface area contributed by atoms with E-state index in [4.69, 9.17) is 17.3 Å². The number of fused-ring (bicyclic) bond motifs is 1. The standard InChI is InChI=1S/C21H20ClF3N6S/c1-3-32-12-13(7-16-5-4-6-18(29-16)27-11-15(22)9-26)19-30-17-8-14(21(23,24)25)10-28-20(17)31(19)2/h4-11H,3,12,26H2,1-2H3/b13-7+,15-9?,27-11?. The number of thioether (sulfide) groups is 1. The molecule has 32 heavy (non-hydrogen) atoms. The maximum Gasteiger partial charge on any atom is 0.417 e. The van der Waals surface area contributed by atoms with Gasteiger partial charge in [-0.25, -0.2) is 19.9 Å². The zero-order chi connectivity index (χ0) is 23.3. The fourth-order valence-corrected chi connectivity index (χ4v) is 3.53. The molecule has 0 aromatic carbocycles. The van der Waals surface area contributed by atoms with Crippen molar-refractivity contribution in [3.63, 3.8) is 0 Å². The van der Waals surface area contributed by atoms with Gasteiger partial charge in [0, 0.05) is 37.0 Å². The van der Waals surface area contributed by atoms with Crippen LogP contribution in [-0.2, 0) is 13.2 Å². The molecule has 0 atom stereocenters. The van der Waals surface area contributed by atoms with Crippen molar-refractivity contribution in [2.75, 3.05) is 11.5 Å². The molecule has 3 rings (SSSR count). The zero-order valence-electron chi connectivity index (χ0n) is 17.3. The number of nitrogens with zero attached hydrogens (tertiary/aromatic N) is 5. The summed E-state index contributed by atoms with van der Waals surface area (Å²) in [5.41, 5.74) is 6.47. The van der Waals surface area contributed by atoms with E-state index in [9.17, 15) is 13.2 Å². The third-order valence-electron chi connectivity index (χ3n) is 4.34. The minimum absolute atomic E-state index is 0.180. The second-order valence-electron chi connectivity index (χ2n) is 6.60. The first-order valence-corrected chi connectivity index (χ1v) is 11.0. The smallest absolute Gasteiger partial charge is 0.403 e. The van der Waals surface area contributed by atoms with E-state index in [0.29, 0.717) is 28.7 Å². The van der Waals surface area contributed by atoms with Gasteiger partial charge < -0.3 is 10.3 Å². The van der Waals surface area contributed by atoms with E-state index in [1.807, 2.05) is 13.0 Å². The summed E-state index contributed by atoms with van der Waals surface area (Å²) in [5, 5.41) is 0.276. The first-order chi connectivity index (χ1) is 15.2. The summed E-state index contributed by atoms with van der Waals surface area (Å²) < 4.78 is 40.9. The van der Waals surface area contributed by atoms with Crippen molar-refractivity contribution >= 4 is 58.2 Å². The molecule has 6 nitrogen and oxygen atoms in total. The Kier molecular flexibility index (Phi) is 7.57. The minimum atomic E-state index is -4.48. The van der Waals surface area contributed by atoms with E-state index in [1.54, 1.807) is 41.6 Å². The summed E-state index contributed by atoms with van der Waals surface area (Å²) in [7, 11) is 1.73. The number of nitrogens with two attached hydrogens (primary N) is 1. The number of aromatic nitrogens is 4. The number of alkyl halides is 3. The molecule has 0 fully saturated rings. The molecule has 0 aliphatic heterocycles. The molecule has 2 N–H and O–H groups in total. The molecule has 3 aromatic rings. The Balaban J connectivity index is 2.05. The lowest BCUT2D eigenvalue weighted by Gasteiger charge is -2.08. The third-order valence-corrected chi connectivity index (χ3v) is 5.49. The molecule has 0 bridgehead atoms. The Morgan fingerprint density at radius 3 is 2.78 bits per heavy atom. The number of rotatable bonds is 7. The highest BCUT2D eigenvalue weighted by atomic mass is 35.5. The van der Waals surface area contributed by atoms with E-state index in [1.165, 1.54) is 12.4 Å². The maximum absolute atomic E-state index is 13.1. The number of aliphatic imine (C=N–C) groups is 1. The summed E-state index contributed by atoms with van der Waals surface area (Å²) in [5.74, 6) is 2.41. The molecular weight excluding hydrogens is 461 g/mol. The van der Waals surface area contributed by atoms with Gasteiger partial charge in [0.1, 0.15) is 11.3 Å². The SMILES string of the molecule is CCSC/C(=C\c1cccc(N=CC(Cl)=CN)n1)c1nc2cc(C(F)(F)F)cnc2n1C. The van der Waals surface area contributed by atoms with Crippen molar-refractivity contribution in [1.29, 1.82) is 0 Å². The van der Waals surface area contributed by atoms with Crippen molar-refractivity contribution in [3.05, 3.63) is 58.8 Å². The number of hydrogen-bond acceptors (Lipinski definition) is 6. The summed E-state index contributed by atoms with van der Waals surface area (Å²) in [4.78, 5) is 17.1. The zero-order valence-corrected chi connectivity index (χ0v) is 18.8. The summed E-state index contributed by atoms with van der Waals surface area (Å²) >= 11 is 7.49. The highest BCUT2D eigenvalue weighted by Gasteiger charge is 2.31. The van der Waals surface area contributed by atoms with Gasteiger partial charge in [-0.1, -0.05) is 24.6 Å². The molecule has 11 heteroatoms. The van der Waals surface area contributed by atoms with Crippen LogP contribution in [0.15, 0.2) is 46.7 Å². The van der Waals surface area contributed by atoms with Crippen LogP contribution in [0.25, 0.3) is 22.8 Å². The number of imidazole rings is 1. The van der Waals surface area contributed by atoms with Crippen LogP contribution in [-0.4, -0.2) is 37.2 Å². The van der Waals surface area contributed by atoms with Crippen LogP contribution in [0.1, 0.15) is 24.0 Å². The highest BCUT2D eigenvalue weighted by molar-refractivity contribution is 7.99. The summed E-state index contributed by atoms with van der Waals surface area (Å²) in [6.45, 7) is 2.02. The molecule has 3 aromatic heterocycles. The van der Waals surface area contributed by atoms with Gasteiger partial charge in [0.15, 0.2) is 11.5 Å². The monoisotopic (exact) mass is 480 g/mol. The second kappa shape index (κ2) is 10.2. The van der Waals surface area contributed by atoms with Crippen LogP contribution >= 0.6 is 23.4 Å². The number of pyridine rings is 2. The van der Waals surface area contributed by atoms with Crippen molar-refractivity contribution in [2.45, 2.75) is 13.1 Å². The summed E-state index contributed by atoms with van der Waals surface area (Å²) in [6.07, 6.45) is 0.789. The fraction of sp³-hybridized carbons (Fsp3) is 0.238. The Hall–Kier alpha value is -2.85. The van der Waals surface area contributed by atoms with Gasteiger partial charge in [-0.3, -0.25) is 0 Å². The molecule has 0 aliphatic rings. The van der Waals surface area contributed by atoms with Gasteiger partial charge in [0.05, 0.1) is 16.3 Å². The molecule has 0 radical (unpaired) electrons. The molecule has 3 heterocycles. The lowest BCUT2D eigenvalue weighted by atomic mass is 10.2. The second-order valence-corrected chi connectivity index (χ2v) is 8.31. The first-order valence-electron chi connectivity index (χ1n) is 9.49. The number of hydrogen-bond donors (Lipinski definition) is 1. The molecule has 0 saturated heterocycles. The van der Waals surface area contributed by atoms with Crippen LogP contribution in [0, 0.1) is 0 Å². The van der Waals surface area contributed by atoms with Crippen LogP contribution in [0.2, 0.25) is 0 Å². The van der Waals surface area contributed by atoms with Gasteiger partial charge >= 0.3 is 6.18 Å². The lowest BCUT2D eigenvalue weighted by molar-refractivity contribution is -0.137. The molecule has 0 spiro atoms. The van der Waals surface area contributed by atoms with Crippen molar-refractivity contribution in [2.24, 2.45) is 17.8 Å². The van der Waals surface area contributed by atoms with Gasteiger partial charge in [0.2, 0.25) is 0 Å². The third kappa shape index (κ3) is 5.68. The molecule has 0 unspecified atom stereocenters. The van der Waals surface area contributed by atoms with Crippen molar-refractivity contribution in [1.82, 2.24) is 19.5 Å². The van der Waals surface area contributed by atoms with E-state index in [2.05, 4.69) is 19.9 Å². The van der Waals surface area contributed by atoms with Crippen LogP contribution in [0.5, 0.6) is 0 Å². The lowest BCUT2D eigenvalue weighted by Crippen LogP contribution is -2.05. The van der Waals surface area contributed by atoms with E-state index >= 15 is 0 Å². The number of halogens is 4. The van der Waals surface area contributed by atoms with Crippen LogP contribution < -0.4 is 5.73 Å². The Labute approximate surface area is 192 Å². The Bertz CT molecular complexity index is 1200. The van der Waals surface area contributed by atoms with Crippen molar-refractivity contribution in [3.8, 4) is 0 Å². The van der Waals surface area contributed by atoms with Gasteiger partial charge in [0.25, 0.3) is 0 Å². The summed E-state index contributed by atoms with van der Waals surface area (Å²) in [6, 6.07) is 6.33. The topological polar surface area (TPSA) is 82.0 Å². The van der Waals surface area contributed by atoms with Gasteiger partial charge in [-0.15, -0.1) is 0 Å². The average molecular weight is 481 g/mol. The molecule has 0 saturated carbocycles. The maximum atomic E-state index is 13.1. The van der Waals surface area contributed by atoms with E-state index in [0.717, 1.165) is 23.6 Å². The predicted octanol–water partition coefficient (Wildman–Crippen LogP) is 5.42. The largest absolute Gasteiger partial charge is 0.417 e. The fourth-order valence-electron chi connectivity index (χ4n) is 2.84. The van der Waals surface area contributed by atoms with Gasteiger partial charge in [-0.2, -0.15) is 24.9 Å². The van der Waals surface area contributed by atoms with Gasteiger partial charge in [-0.05, 0) is 30.0 Å².